The summed E-state index contributed by atoms with van der Waals surface area (Å²) in [5, 5.41) is 14.6. The van der Waals surface area contributed by atoms with Crippen molar-refractivity contribution in [2.24, 2.45) is 0 Å². The molecule has 0 fully saturated rings. The Hall–Kier alpha value is -3.42. The van der Waals surface area contributed by atoms with Gasteiger partial charge in [-0.1, -0.05) is 41.4 Å². The predicted octanol–water partition coefficient (Wildman–Crippen LogP) is 6.35. The summed E-state index contributed by atoms with van der Waals surface area (Å²) in [6.45, 7) is 2.09. The molecule has 9 heteroatoms. The molecular weight excluding hydrogens is 466 g/mol. The third-order valence-corrected chi connectivity index (χ3v) is 6.01. The molecule has 0 radical (unpaired) electrons. The minimum Gasteiger partial charge on any atom is -0.460 e. The second-order valence-electron chi connectivity index (χ2n) is 7.72. The number of amides is 1. The topological polar surface area (TPSA) is 78.3 Å². The van der Waals surface area contributed by atoms with Crippen molar-refractivity contribution in [1.29, 1.82) is 0 Å². The fourth-order valence-corrected chi connectivity index (χ4v) is 4.34. The fourth-order valence-electron chi connectivity index (χ4n) is 3.83. The van der Waals surface area contributed by atoms with Crippen LogP contribution in [-0.2, 0) is 6.54 Å². The Balaban J connectivity index is 1.42. The van der Waals surface area contributed by atoms with E-state index in [0.29, 0.717) is 32.6 Å². The lowest BCUT2D eigenvalue weighted by molar-refractivity contribution is 0.0951. The number of furan rings is 1. The zero-order chi connectivity index (χ0) is 23.1. The monoisotopic (exact) mass is 484 g/mol. The molecule has 2 heterocycles. The molecule has 3 aromatic carbocycles. The first-order valence-electron chi connectivity index (χ1n) is 10.2. The lowest BCUT2D eigenvalue weighted by atomic mass is 10.1. The van der Waals surface area contributed by atoms with Crippen LogP contribution < -0.4 is 21.3 Å². The number of carbonyl (C=O) groups is 1. The quantitative estimate of drug-likeness (QED) is 0.265. The summed E-state index contributed by atoms with van der Waals surface area (Å²) in [5.41, 5.74) is 3.79. The van der Waals surface area contributed by atoms with E-state index < -0.39 is 6.29 Å². The van der Waals surface area contributed by atoms with Crippen LogP contribution in [0.5, 0.6) is 0 Å². The number of nitrogens with one attached hydrogen (secondary N) is 4. The van der Waals surface area contributed by atoms with Crippen LogP contribution in [-0.4, -0.2) is 12.2 Å². The van der Waals surface area contributed by atoms with Crippen LogP contribution in [0.15, 0.2) is 59.0 Å². The summed E-state index contributed by atoms with van der Waals surface area (Å²) in [5.74, 6) is 0.0588. The van der Waals surface area contributed by atoms with Crippen molar-refractivity contribution in [2.75, 3.05) is 16.0 Å². The first-order valence-corrected chi connectivity index (χ1v) is 11.0. The molecular formula is C24H19Cl2FN4O2. The Bertz CT molecular complexity index is 1350. The third kappa shape index (κ3) is 4.17. The van der Waals surface area contributed by atoms with Gasteiger partial charge in [-0.05, 0) is 48.9 Å². The molecule has 4 aromatic rings. The molecule has 6 nitrogen and oxygen atoms in total. The van der Waals surface area contributed by atoms with Gasteiger partial charge in [-0.2, -0.15) is 0 Å². The molecule has 1 amide bonds. The average Bonchev–Trinajstić information content (AvgIpc) is 3.37. The normalized spacial score (nSPS) is 14.5. The number of aryl methyl sites for hydroxylation is 1. The molecule has 1 aromatic heterocycles. The van der Waals surface area contributed by atoms with Gasteiger partial charge in [-0.15, -0.1) is 0 Å². The van der Waals surface area contributed by atoms with Crippen LogP contribution >= 0.6 is 23.2 Å². The van der Waals surface area contributed by atoms with Gasteiger partial charge >= 0.3 is 0 Å². The van der Waals surface area contributed by atoms with Crippen molar-refractivity contribution in [3.63, 3.8) is 0 Å². The van der Waals surface area contributed by atoms with Gasteiger partial charge < -0.3 is 25.7 Å². The molecule has 0 saturated carbocycles. The zero-order valence-electron chi connectivity index (χ0n) is 17.4. The van der Waals surface area contributed by atoms with E-state index in [1.54, 1.807) is 36.4 Å². The van der Waals surface area contributed by atoms with Crippen molar-refractivity contribution in [3.05, 3.63) is 87.3 Å². The van der Waals surface area contributed by atoms with Gasteiger partial charge in [0.2, 0.25) is 0 Å². The summed E-state index contributed by atoms with van der Waals surface area (Å²) in [4.78, 5) is 13.0. The Labute approximate surface area is 199 Å². The van der Waals surface area contributed by atoms with Gasteiger partial charge in [-0.25, -0.2) is 4.39 Å². The Kier molecular flexibility index (Phi) is 5.52. The standard InChI is InChI=1S/C24H19Cl2FN4O2/c1-12-9-15-20-19(29-24(30-20)31-21-17(25)3-2-4-18(21)26)10-16(22(15)33-12)23(32)28-11-13-5-7-14(27)8-6-13/h2-10,24,29-31H,11H2,1H3,(H,28,32). The number of hydrogen-bond acceptors (Lipinski definition) is 5. The van der Waals surface area contributed by atoms with Crippen molar-refractivity contribution in [2.45, 2.75) is 19.8 Å². The molecule has 0 saturated heterocycles. The van der Waals surface area contributed by atoms with E-state index in [-0.39, 0.29) is 18.3 Å². The highest BCUT2D eigenvalue weighted by atomic mass is 35.5. The summed E-state index contributed by atoms with van der Waals surface area (Å²) in [7, 11) is 0. The molecule has 1 unspecified atom stereocenters. The second kappa shape index (κ2) is 8.50. The number of benzene rings is 3. The summed E-state index contributed by atoms with van der Waals surface area (Å²) in [6.07, 6.45) is -0.409. The maximum Gasteiger partial charge on any atom is 0.255 e. The third-order valence-electron chi connectivity index (χ3n) is 5.38. The molecule has 0 spiro atoms. The predicted molar refractivity (Wildman–Crippen MR) is 130 cm³/mol. The lowest BCUT2D eigenvalue weighted by Gasteiger charge is -2.17. The molecule has 1 atom stereocenters. The van der Waals surface area contributed by atoms with Gasteiger partial charge in [0.25, 0.3) is 5.91 Å². The van der Waals surface area contributed by atoms with Gasteiger partial charge in [0, 0.05) is 11.9 Å². The van der Waals surface area contributed by atoms with Crippen molar-refractivity contribution in [3.8, 4) is 0 Å². The number of anilines is 3. The summed E-state index contributed by atoms with van der Waals surface area (Å²) < 4.78 is 19.0. The number of para-hydroxylation sites is 1. The number of carbonyl (C=O) groups excluding carboxylic acids is 1. The van der Waals surface area contributed by atoms with E-state index >= 15 is 0 Å². The molecule has 168 valence electrons. The largest absolute Gasteiger partial charge is 0.460 e. The van der Waals surface area contributed by atoms with Crippen LogP contribution in [0.25, 0.3) is 11.0 Å². The SMILES string of the molecule is Cc1cc2c3c(cc(C(=O)NCc4ccc(F)cc4)c2o1)NC(Nc1c(Cl)cccc1Cl)N3. The summed E-state index contributed by atoms with van der Waals surface area (Å²) >= 11 is 12.6. The van der Waals surface area contributed by atoms with E-state index in [1.807, 2.05) is 13.0 Å². The molecule has 0 bridgehead atoms. The maximum atomic E-state index is 13.1. The molecule has 5 rings (SSSR count). The number of rotatable bonds is 5. The van der Waals surface area contributed by atoms with E-state index in [1.165, 1.54) is 12.1 Å². The van der Waals surface area contributed by atoms with Gasteiger partial charge in [0.1, 0.15) is 17.2 Å². The number of halogens is 3. The van der Waals surface area contributed by atoms with Crippen LogP contribution in [0.4, 0.5) is 21.5 Å². The van der Waals surface area contributed by atoms with E-state index in [4.69, 9.17) is 27.6 Å². The highest BCUT2D eigenvalue weighted by Gasteiger charge is 2.27. The van der Waals surface area contributed by atoms with Crippen LogP contribution in [0.1, 0.15) is 21.7 Å². The second-order valence-corrected chi connectivity index (χ2v) is 8.53. The molecule has 33 heavy (non-hydrogen) atoms. The maximum absolute atomic E-state index is 13.1. The van der Waals surface area contributed by atoms with Crippen LogP contribution in [0, 0.1) is 12.7 Å². The van der Waals surface area contributed by atoms with Crippen molar-refractivity contribution in [1.82, 2.24) is 5.32 Å². The number of fused-ring (bicyclic) bond motifs is 3. The van der Waals surface area contributed by atoms with Gasteiger partial charge in [0.05, 0.1) is 32.7 Å². The van der Waals surface area contributed by atoms with Crippen LogP contribution in [0.3, 0.4) is 0 Å². The van der Waals surface area contributed by atoms with E-state index in [2.05, 4.69) is 21.3 Å². The zero-order valence-corrected chi connectivity index (χ0v) is 18.9. The fraction of sp³-hybridized carbons (Fsp3) is 0.125. The number of hydrogen-bond donors (Lipinski definition) is 4. The Morgan fingerprint density at radius 3 is 2.55 bits per heavy atom. The summed E-state index contributed by atoms with van der Waals surface area (Å²) in [6, 6.07) is 14.9. The lowest BCUT2D eigenvalue weighted by Crippen LogP contribution is -2.31. The Morgan fingerprint density at radius 1 is 1.09 bits per heavy atom. The molecule has 1 aliphatic rings. The minimum absolute atomic E-state index is 0.262. The Morgan fingerprint density at radius 2 is 1.82 bits per heavy atom. The van der Waals surface area contributed by atoms with Gasteiger partial charge in [0.15, 0.2) is 6.29 Å². The molecule has 1 aliphatic heterocycles. The minimum atomic E-state index is -0.409. The van der Waals surface area contributed by atoms with Crippen molar-refractivity contribution >= 4 is 57.1 Å². The van der Waals surface area contributed by atoms with Crippen molar-refractivity contribution < 1.29 is 13.6 Å². The van der Waals surface area contributed by atoms with Gasteiger partial charge in [-0.3, -0.25) is 4.79 Å². The smallest absolute Gasteiger partial charge is 0.255 e. The van der Waals surface area contributed by atoms with E-state index in [9.17, 15) is 9.18 Å². The molecule has 4 N–H and O–H groups in total. The highest BCUT2D eigenvalue weighted by Crippen LogP contribution is 2.41. The average molecular weight is 485 g/mol. The van der Waals surface area contributed by atoms with Crippen LogP contribution in [0.2, 0.25) is 10.0 Å². The first-order chi connectivity index (χ1) is 15.9. The highest BCUT2D eigenvalue weighted by molar-refractivity contribution is 6.39. The van der Waals surface area contributed by atoms with E-state index in [0.717, 1.165) is 22.3 Å². The first kappa shape index (κ1) is 21.4. The molecule has 0 aliphatic carbocycles.